The Morgan fingerprint density at radius 2 is 1.95 bits per heavy atom. The molecule has 2 aromatic rings. The zero-order valence-corrected chi connectivity index (χ0v) is 10.7. The fourth-order valence-corrected chi connectivity index (χ4v) is 2.12. The van der Waals surface area contributed by atoms with E-state index in [4.69, 9.17) is 4.74 Å². The van der Waals surface area contributed by atoms with Crippen LogP contribution in [0.4, 0.5) is 0 Å². The highest BCUT2D eigenvalue weighted by Crippen LogP contribution is 2.38. The zero-order chi connectivity index (χ0) is 14.8. The summed E-state index contributed by atoms with van der Waals surface area (Å²) in [7, 11) is 0. The third kappa shape index (κ3) is 2.22. The van der Waals surface area contributed by atoms with Gasteiger partial charge in [-0.3, -0.25) is 4.98 Å². The molecule has 3 rings (SSSR count). The van der Waals surface area contributed by atoms with E-state index in [1.807, 2.05) is 5.94 Å². The first-order valence-electron chi connectivity index (χ1n) is 6.12. The second-order valence-electron chi connectivity index (χ2n) is 4.35. The fourth-order valence-electron chi connectivity index (χ4n) is 2.12. The van der Waals surface area contributed by atoms with E-state index in [0.717, 1.165) is 0 Å². The molecule has 1 aromatic heterocycles. The van der Waals surface area contributed by atoms with Crippen LogP contribution in [0, 0.1) is 0 Å². The number of para-hydroxylation sites is 1. The van der Waals surface area contributed by atoms with Gasteiger partial charge in [0.25, 0.3) is 0 Å². The Bertz CT molecular complexity index is 802. The molecule has 0 radical (unpaired) electrons. The molecule has 0 unspecified atom stereocenters. The summed E-state index contributed by atoms with van der Waals surface area (Å²) in [6, 6.07) is 8.04. The van der Waals surface area contributed by atoms with Crippen molar-refractivity contribution in [2.45, 2.75) is 0 Å². The number of ether oxygens (including phenoxy) is 1. The predicted octanol–water partition coefficient (Wildman–Crippen LogP) is 2.43. The van der Waals surface area contributed by atoms with E-state index in [2.05, 4.69) is 4.98 Å². The van der Waals surface area contributed by atoms with Crippen LogP contribution in [-0.2, 0) is 4.79 Å². The highest BCUT2D eigenvalue weighted by atomic mass is 16.5. The highest BCUT2D eigenvalue weighted by molar-refractivity contribution is 6.03. The molecule has 0 atom stereocenters. The van der Waals surface area contributed by atoms with Crippen molar-refractivity contribution < 1.29 is 19.4 Å². The Hall–Kier alpha value is -3.17. The molecule has 1 aromatic carbocycles. The van der Waals surface area contributed by atoms with E-state index in [-0.39, 0.29) is 16.9 Å². The first kappa shape index (κ1) is 12.8. The molecule has 0 aliphatic carbocycles. The molecule has 0 bridgehead atoms. The zero-order valence-electron chi connectivity index (χ0n) is 10.7. The van der Waals surface area contributed by atoms with Crippen LogP contribution in [0.25, 0.3) is 11.3 Å². The average molecular weight is 279 g/mol. The summed E-state index contributed by atoms with van der Waals surface area (Å²) in [6.45, 7) is 0. The predicted molar refractivity (Wildman–Crippen MR) is 75.3 cm³/mol. The van der Waals surface area contributed by atoms with Crippen LogP contribution >= 0.6 is 0 Å². The summed E-state index contributed by atoms with van der Waals surface area (Å²) in [5.41, 5.74) is 1.37. The van der Waals surface area contributed by atoms with Crippen molar-refractivity contribution in [2.24, 2.45) is 0 Å². The lowest BCUT2D eigenvalue weighted by molar-refractivity contribution is 0.0694. The maximum Gasteiger partial charge on any atom is 0.339 e. The maximum absolute atomic E-state index is 11.3. The second kappa shape index (κ2) is 5.07. The number of carbonyl (C=O) groups is 1. The van der Waals surface area contributed by atoms with E-state index in [1.165, 1.54) is 12.1 Å². The van der Waals surface area contributed by atoms with Gasteiger partial charge in [0.15, 0.2) is 5.75 Å². The van der Waals surface area contributed by atoms with Gasteiger partial charge >= 0.3 is 5.97 Å². The van der Waals surface area contributed by atoms with Crippen molar-refractivity contribution >= 4 is 23.2 Å². The van der Waals surface area contributed by atoms with Crippen molar-refractivity contribution in [1.82, 2.24) is 4.98 Å². The highest BCUT2D eigenvalue weighted by Gasteiger charge is 2.24. The van der Waals surface area contributed by atoms with E-state index < -0.39 is 5.97 Å². The number of rotatable bonds is 2. The van der Waals surface area contributed by atoms with Crippen LogP contribution in [0.1, 0.15) is 21.5 Å². The molecule has 2 heterocycles. The Morgan fingerprint density at radius 1 is 1.19 bits per heavy atom. The van der Waals surface area contributed by atoms with Gasteiger partial charge in [0.05, 0.1) is 5.57 Å². The minimum Gasteiger partial charge on any atom is -0.478 e. The van der Waals surface area contributed by atoms with Crippen LogP contribution in [0.5, 0.6) is 5.75 Å². The Morgan fingerprint density at radius 3 is 2.62 bits per heavy atom. The van der Waals surface area contributed by atoms with E-state index in [0.29, 0.717) is 16.9 Å². The summed E-state index contributed by atoms with van der Waals surface area (Å²) in [5, 5.41) is 9.24. The molecule has 5 heteroatoms. The molecule has 21 heavy (non-hydrogen) atoms. The number of nitrogens with zero attached hydrogens (tertiary/aromatic N) is 1. The molecule has 0 spiro atoms. The quantitative estimate of drug-likeness (QED) is 0.854. The van der Waals surface area contributed by atoms with Gasteiger partial charge in [-0.15, -0.1) is 0 Å². The van der Waals surface area contributed by atoms with E-state index >= 15 is 0 Å². The molecule has 102 valence electrons. The third-order valence-electron chi connectivity index (χ3n) is 3.10. The topological polar surface area (TPSA) is 76.5 Å². The molecule has 0 saturated heterocycles. The number of carboxylic acids is 1. The van der Waals surface area contributed by atoms with E-state index in [1.54, 1.807) is 36.7 Å². The van der Waals surface area contributed by atoms with Crippen LogP contribution in [-0.4, -0.2) is 22.0 Å². The SMILES string of the molecule is O=C=C1C=C(c2ccncc2)Oc2c(C(=O)O)cccc21. The molecule has 1 aliphatic rings. The van der Waals surface area contributed by atoms with Crippen LogP contribution in [0.15, 0.2) is 48.8 Å². The normalized spacial score (nSPS) is 12.8. The molecule has 0 saturated carbocycles. The van der Waals surface area contributed by atoms with Crippen LogP contribution < -0.4 is 4.74 Å². The molecular weight excluding hydrogens is 270 g/mol. The average Bonchev–Trinajstić information content (AvgIpc) is 2.53. The fraction of sp³-hybridized carbons (Fsp3) is 0. The number of allylic oxidation sites excluding steroid dienone is 2. The van der Waals surface area contributed by atoms with Gasteiger partial charge in [-0.05, 0) is 24.3 Å². The number of benzene rings is 1. The number of carboxylic acid groups (broad SMARTS) is 1. The smallest absolute Gasteiger partial charge is 0.339 e. The summed E-state index contributed by atoms with van der Waals surface area (Å²) < 4.78 is 5.70. The van der Waals surface area contributed by atoms with Gasteiger partial charge in [-0.1, -0.05) is 6.07 Å². The number of hydrogen-bond acceptors (Lipinski definition) is 4. The Balaban J connectivity index is 2.19. The molecular formula is C16H9NO4. The summed E-state index contributed by atoms with van der Waals surface area (Å²) in [5.74, 6) is 1.25. The van der Waals surface area contributed by atoms with Crippen molar-refractivity contribution in [1.29, 1.82) is 0 Å². The van der Waals surface area contributed by atoms with Crippen LogP contribution in [0.3, 0.4) is 0 Å². The van der Waals surface area contributed by atoms with Gasteiger partial charge in [0, 0.05) is 29.6 Å². The molecule has 1 aliphatic heterocycles. The Kier molecular flexibility index (Phi) is 3.10. The Labute approximate surface area is 119 Å². The monoisotopic (exact) mass is 279 g/mol. The van der Waals surface area contributed by atoms with Crippen molar-refractivity contribution in [3.05, 3.63) is 65.5 Å². The first-order chi connectivity index (χ1) is 10.2. The minimum absolute atomic E-state index is 0.0000869. The number of hydrogen-bond donors (Lipinski definition) is 1. The molecule has 0 fully saturated rings. The van der Waals surface area contributed by atoms with E-state index in [9.17, 15) is 14.7 Å². The first-order valence-corrected chi connectivity index (χ1v) is 6.12. The summed E-state index contributed by atoms with van der Waals surface area (Å²) >= 11 is 0. The van der Waals surface area contributed by atoms with Gasteiger partial charge in [0.1, 0.15) is 17.3 Å². The minimum atomic E-state index is -1.12. The number of aromatic nitrogens is 1. The second-order valence-corrected chi connectivity index (χ2v) is 4.35. The van der Waals surface area contributed by atoms with Crippen LogP contribution in [0.2, 0.25) is 0 Å². The van der Waals surface area contributed by atoms with Gasteiger partial charge in [-0.25, -0.2) is 9.59 Å². The number of fused-ring (bicyclic) bond motifs is 1. The number of aromatic carboxylic acids is 1. The molecule has 0 amide bonds. The lowest BCUT2D eigenvalue weighted by Crippen LogP contribution is -2.09. The number of carbonyl (C=O) groups excluding carboxylic acids is 1. The van der Waals surface area contributed by atoms with Gasteiger partial charge < -0.3 is 9.84 Å². The third-order valence-corrected chi connectivity index (χ3v) is 3.10. The summed E-state index contributed by atoms with van der Waals surface area (Å²) in [4.78, 5) is 26.4. The molecule has 5 nitrogen and oxygen atoms in total. The van der Waals surface area contributed by atoms with Crippen molar-refractivity contribution in [3.63, 3.8) is 0 Å². The van der Waals surface area contributed by atoms with Gasteiger partial charge in [-0.2, -0.15) is 0 Å². The maximum atomic E-state index is 11.3. The standard InChI is InChI=1S/C16H9NO4/c18-9-11-8-14(10-4-6-17-7-5-10)21-15-12(11)2-1-3-13(15)16(19)20/h1-8H,(H,19,20). The summed E-state index contributed by atoms with van der Waals surface area (Å²) in [6.07, 6.45) is 4.71. The van der Waals surface area contributed by atoms with Crippen molar-refractivity contribution in [3.8, 4) is 5.75 Å². The number of pyridine rings is 1. The largest absolute Gasteiger partial charge is 0.478 e. The lowest BCUT2D eigenvalue weighted by atomic mass is 9.98. The van der Waals surface area contributed by atoms with Crippen molar-refractivity contribution in [2.75, 3.05) is 0 Å². The molecule has 1 N–H and O–H groups in total. The van der Waals surface area contributed by atoms with Gasteiger partial charge in [0.2, 0.25) is 0 Å². The lowest BCUT2D eigenvalue weighted by Gasteiger charge is -2.20.